The second-order valence-electron chi connectivity index (χ2n) is 4.74. The lowest BCUT2D eigenvalue weighted by atomic mass is 10.1. The molecule has 1 saturated heterocycles. The molecule has 0 amide bonds. The molecule has 0 aromatic carbocycles. The van der Waals surface area contributed by atoms with Crippen molar-refractivity contribution < 1.29 is 4.74 Å². The fourth-order valence-corrected chi connectivity index (χ4v) is 1.77. The van der Waals surface area contributed by atoms with Crippen LogP contribution in [-0.2, 0) is 4.74 Å². The van der Waals surface area contributed by atoms with Crippen LogP contribution >= 0.6 is 0 Å². The summed E-state index contributed by atoms with van der Waals surface area (Å²) in [5.41, 5.74) is 0. The zero-order chi connectivity index (χ0) is 10.9. The molecule has 1 heterocycles. The lowest BCUT2D eigenvalue weighted by Gasteiger charge is -2.26. The van der Waals surface area contributed by atoms with Gasteiger partial charge in [-0.1, -0.05) is 13.8 Å². The molecule has 0 bridgehead atoms. The lowest BCUT2D eigenvalue weighted by Crippen LogP contribution is -2.37. The van der Waals surface area contributed by atoms with Gasteiger partial charge >= 0.3 is 0 Å². The highest BCUT2D eigenvalue weighted by Gasteiger charge is 2.08. The summed E-state index contributed by atoms with van der Waals surface area (Å²) in [6.07, 6.45) is 2.55. The van der Waals surface area contributed by atoms with Gasteiger partial charge in [-0.3, -0.25) is 4.90 Å². The van der Waals surface area contributed by atoms with E-state index in [-0.39, 0.29) is 0 Å². The average Bonchev–Trinajstić information content (AvgIpc) is 2.24. The third kappa shape index (κ3) is 6.88. The quantitative estimate of drug-likeness (QED) is 0.647. The van der Waals surface area contributed by atoms with Gasteiger partial charge < -0.3 is 10.1 Å². The van der Waals surface area contributed by atoms with Gasteiger partial charge in [0.1, 0.15) is 0 Å². The number of nitrogens with zero attached hydrogens (tertiary/aromatic N) is 1. The van der Waals surface area contributed by atoms with Gasteiger partial charge in [0.2, 0.25) is 0 Å². The Hall–Kier alpha value is -0.120. The third-order valence-corrected chi connectivity index (χ3v) is 2.83. The van der Waals surface area contributed by atoms with Crippen LogP contribution in [0.5, 0.6) is 0 Å². The molecule has 1 N–H and O–H groups in total. The molecule has 90 valence electrons. The molecule has 1 aliphatic heterocycles. The van der Waals surface area contributed by atoms with E-state index in [9.17, 15) is 0 Å². The predicted octanol–water partition coefficient (Wildman–Crippen LogP) is 1.34. The summed E-state index contributed by atoms with van der Waals surface area (Å²) in [5.74, 6) is 0.816. The predicted molar refractivity (Wildman–Crippen MR) is 64.2 cm³/mol. The van der Waals surface area contributed by atoms with E-state index in [1.807, 2.05) is 0 Å². The Morgan fingerprint density at radius 1 is 1.20 bits per heavy atom. The monoisotopic (exact) mass is 214 g/mol. The Labute approximate surface area is 94.2 Å². The maximum absolute atomic E-state index is 5.31. The summed E-state index contributed by atoms with van der Waals surface area (Å²) in [6, 6.07) is 0. The van der Waals surface area contributed by atoms with E-state index in [1.165, 1.54) is 25.9 Å². The van der Waals surface area contributed by atoms with Gasteiger partial charge in [-0.2, -0.15) is 0 Å². The van der Waals surface area contributed by atoms with E-state index in [2.05, 4.69) is 24.1 Å². The second kappa shape index (κ2) is 8.08. The number of nitrogens with one attached hydrogen (secondary N) is 1. The standard InChI is InChI=1S/C12H26N2O/c1-12(2)4-6-13-5-3-7-14-8-10-15-11-9-14/h12-13H,3-11H2,1-2H3. The van der Waals surface area contributed by atoms with Gasteiger partial charge in [0.15, 0.2) is 0 Å². The SMILES string of the molecule is CC(C)CCNCCCN1CCOCC1. The largest absolute Gasteiger partial charge is 0.379 e. The zero-order valence-electron chi connectivity index (χ0n) is 10.3. The van der Waals surface area contributed by atoms with Gasteiger partial charge in [-0.05, 0) is 38.4 Å². The van der Waals surface area contributed by atoms with E-state index in [0.717, 1.165) is 38.8 Å². The van der Waals surface area contributed by atoms with Crippen LogP contribution < -0.4 is 5.32 Å². The summed E-state index contributed by atoms with van der Waals surface area (Å²) in [5, 5.41) is 3.50. The van der Waals surface area contributed by atoms with Crippen LogP contribution in [0.15, 0.2) is 0 Å². The highest BCUT2D eigenvalue weighted by atomic mass is 16.5. The minimum Gasteiger partial charge on any atom is -0.379 e. The molecule has 0 aromatic rings. The Kier molecular flexibility index (Phi) is 6.98. The minimum atomic E-state index is 0.816. The molecule has 0 spiro atoms. The van der Waals surface area contributed by atoms with Crippen molar-refractivity contribution in [3.63, 3.8) is 0 Å². The number of rotatable bonds is 7. The van der Waals surface area contributed by atoms with Crippen LogP contribution in [0.4, 0.5) is 0 Å². The van der Waals surface area contributed by atoms with Crippen molar-refractivity contribution >= 4 is 0 Å². The molecule has 15 heavy (non-hydrogen) atoms. The topological polar surface area (TPSA) is 24.5 Å². The van der Waals surface area contributed by atoms with Crippen molar-refractivity contribution in [1.82, 2.24) is 10.2 Å². The molecule has 0 saturated carbocycles. The van der Waals surface area contributed by atoms with Crippen molar-refractivity contribution in [1.29, 1.82) is 0 Å². The van der Waals surface area contributed by atoms with Crippen LogP contribution in [0.25, 0.3) is 0 Å². The Morgan fingerprint density at radius 3 is 2.60 bits per heavy atom. The van der Waals surface area contributed by atoms with E-state index in [1.54, 1.807) is 0 Å². The molecule has 1 aliphatic rings. The van der Waals surface area contributed by atoms with Gasteiger partial charge in [-0.15, -0.1) is 0 Å². The first-order valence-electron chi connectivity index (χ1n) is 6.30. The normalized spacial score (nSPS) is 18.6. The highest BCUT2D eigenvalue weighted by molar-refractivity contribution is 4.62. The van der Waals surface area contributed by atoms with Crippen molar-refractivity contribution in [2.45, 2.75) is 26.7 Å². The number of hydrogen-bond acceptors (Lipinski definition) is 3. The van der Waals surface area contributed by atoms with E-state index >= 15 is 0 Å². The maximum Gasteiger partial charge on any atom is 0.0594 e. The maximum atomic E-state index is 5.31. The molecule has 0 aromatic heterocycles. The lowest BCUT2D eigenvalue weighted by molar-refractivity contribution is 0.0374. The molecule has 3 nitrogen and oxygen atoms in total. The number of ether oxygens (including phenoxy) is 1. The van der Waals surface area contributed by atoms with Gasteiger partial charge in [0, 0.05) is 13.1 Å². The molecular formula is C12H26N2O. The summed E-state index contributed by atoms with van der Waals surface area (Å²) < 4.78 is 5.31. The molecule has 0 radical (unpaired) electrons. The van der Waals surface area contributed by atoms with Crippen LogP contribution in [0.2, 0.25) is 0 Å². The summed E-state index contributed by atoms with van der Waals surface area (Å²) in [7, 11) is 0. The van der Waals surface area contributed by atoms with Crippen LogP contribution in [0, 0.1) is 5.92 Å². The molecule has 0 unspecified atom stereocenters. The molecule has 0 atom stereocenters. The summed E-state index contributed by atoms with van der Waals surface area (Å²) in [4.78, 5) is 2.49. The molecule has 1 fully saturated rings. The molecule has 3 heteroatoms. The average molecular weight is 214 g/mol. The minimum absolute atomic E-state index is 0.816. The van der Waals surface area contributed by atoms with Gasteiger partial charge in [0.25, 0.3) is 0 Å². The molecule has 0 aliphatic carbocycles. The molecular weight excluding hydrogens is 188 g/mol. The van der Waals surface area contributed by atoms with Gasteiger partial charge in [-0.25, -0.2) is 0 Å². The van der Waals surface area contributed by atoms with Gasteiger partial charge in [0.05, 0.1) is 13.2 Å². The third-order valence-electron chi connectivity index (χ3n) is 2.83. The van der Waals surface area contributed by atoms with E-state index in [4.69, 9.17) is 4.74 Å². The summed E-state index contributed by atoms with van der Waals surface area (Å²) >= 11 is 0. The van der Waals surface area contributed by atoms with Crippen LogP contribution in [0.1, 0.15) is 26.7 Å². The van der Waals surface area contributed by atoms with Crippen molar-refractivity contribution in [3.05, 3.63) is 0 Å². The Morgan fingerprint density at radius 2 is 1.93 bits per heavy atom. The summed E-state index contributed by atoms with van der Waals surface area (Å²) in [6.45, 7) is 12.2. The van der Waals surface area contributed by atoms with Crippen LogP contribution in [-0.4, -0.2) is 50.8 Å². The zero-order valence-corrected chi connectivity index (χ0v) is 10.3. The Balaban J connectivity index is 1.83. The van der Waals surface area contributed by atoms with Crippen LogP contribution in [0.3, 0.4) is 0 Å². The fraction of sp³-hybridized carbons (Fsp3) is 1.00. The first-order chi connectivity index (χ1) is 7.29. The first kappa shape index (κ1) is 12.9. The fourth-order valence-electron chi connectivity index (χ4n) is 1.77. The van der Waals surface area contributed by atoms with E-state index in [0.29, 0.717) is 0 Å². The van der Waals surface area contributed by atoms with Crippen molar-refractivity contribution in [3.8, 4) is 0 Å². The number of morpholine rings is 1. The number of hydrogen-bond donors (Lipinski definition) is 1. The van der Waals surface area contributed by atoms with Crippen molar-refractivity contribution in [2.75, 3.05) is 45.9 Å². The smallest absolute Gasteiger partial charge is 0.0594 e. The Bertz CT molecular complexity index is 145. The second-order valence-corrected chi connectivity index (χ2v) is 4.74. The van der Waals surface area contributed by atoms with E-state index < -0.39 is 0 Å². The van der Waals surface area contributed by atoms with Crippen molar-refractivity contribution in [2.24, 2.45) is 5.92 Å². The molecule has 1 rings (SSSR count). The highest BCUT2D eigenvalue weighted by Crippen LogP contribution is 1.98. The first-order valence-corrected chi connectivity index (χ1v) is 6.30.